The van der Waals surface area contributed by atoms with Crippen LogP contribution in [0.2, 0.25) is 0 Å². The highest BCUT2D eigenvalue weighted by Gasteiger charge is 2.15. The van der Waals surface area contributed by atoms with Gasteiger partial charge in [0, 0.05) is 11.6 Å². The Morgan fingerprint density at radius 1 is 0.962 bits per heavy atom. The van der Waals surface area contributed by atoms with Gasteiger partial charge in [-0.25, -0.2) is 13.8 Å². The summed E-state index contributed by atoms with van der Waals surface area (Å²) < 4.78 is 32.7. The molecule has 0 spiro atoms. The van der Waals surface area contributed by atoms with E-state index in [9.17, 15) is 13.9 Å². The number of hydrogen-bond donors (Lipinski definition) is 2. The van der Waals surface area contributed by atoms with Crippen molar-refractivity contribution in [3.05, 3.63) is 71.9 Å². The molecule has 0 saturated carbocycles. The SMILES string of the molecule is Cc1nc(-c2ccc(-c3ccc(F)cc3F)o2)[nH]c1-c1ccc(O)cc1. The van der Waals surface area contributed by atoms with Crippen LogP contribution in [0.15, 0.2) is 59.0 Å². The number of nitrogens with zero attached hydrogens (tertiary/aromatic N) is 1. The lowest BCUT2D eigenvalue weighted by atomic mass is 10.1. The molecule has 0 unspecified atom stereocenters. The zero-order valence-corrected chi connectivity index (χ0v) is 13.8. The highest BCUT2D eigenvalue weighted by molar-refractivity contribution is 5.68. The van der Waals surface area contributed by atoms with Crippen molar-refractivity contribution in [1.82, 2.24) is 9.97 Å². The Morgan fingerprint density at radius 2 is 1.69 bits per heavy atom. The number of aromatic hydroxyl groups is 1. The molecule has 130 valence electrons. The summed E-state index contributed by atoms with van der Waals surface area (Å²) in [5.74, 6) is 0.0848. The van der Waals surface area contributed by atoms with E-state index in [1.165, 1.54) is 12.1 Å². The maximum absolute atomic E-state index is 13.9. The van der Waals surface area contributed by atoms with Crippen molar-refractivity contribution in [2.75, 3.05) is 0 Å². The number of rotatable bonds is 3. The van der Waals surface area contributed by atoms with Crippen molar-refractivity contribution in [1.29, 1.82) is 0 Å². The topological polar surface area (TPSA) is 62.0 Å². The zero-order valence-electron chi connectivity index (χ0n) is 13.8. The molecular weight excluding hydrogens is 338 g/mol. The summed E-state index contributed by atoms with van der Waals surface area (Å²) in [6, 6.07) is 13.4. The second-order valence-electron chi connectivity index (χ2n) is 5.88. The lowest BCUT2D eigenvalue weighted by molar-refractivity contribution is 0.475. The number of furan rings is 1. The van der Waals surface area contributed by atoms with Gasteiger partial charge >= 0.3 is 0 Å². The largest absolute Gasteiger partial charge is 0.508 e. The molecule has 4 aromatic rings. The first-order valence-corrected chi connectivity index (χ1v) is 7.93. The summed E-state index contributed by atoms with van der Waals surface area (Å²) in [5.41, 5.74) is 2.61. The van der Waals surface area contributed by atoms with Gasteiger partial charge in [0.15, 0.2) is 11.6 Å². The Morgan fingerprint density at radius 3 is 2.42 bits per heavy atom. The van der Waals surface area contributed by atoms with Gasteiger partial charge in [-0.3, -0.25) is 0 Å². The number of phenolic OH excluding ortho intramolecular Hbond substituents is 1. The van der Waals surface area contributed by atoms with E-state index in [1.807, 2.05) is 6.92 Å². The smallest absolute Gasteiger partial charge is 0.174 e. The normalized spacial score (nSPS) is 11.0. The fourth-order valence-corrected chi connectivity index (χ4v) is 2.79. The molecule has 6 heteroatoms. The maximum atomic E-state index is 13.9. The van der Waals surface area contributed by atoms with Gasteiger partial charge in [0.1, 0.15) is 23.1 Å². The number of benzene rings is 2. The highest BCUT2D eigenvalue weighted by atomic mass is 19.1. The predicted molar refractivity (Wildman–Crippen MR) is 93.5 cm³/mol. The minimum atomic E-state index is -0.689. The molecule has 0 aliphatic rings. The zero-order chi connectivity index (χ0) is 18.3. The van der Waals surface area contributed by atoms with Gasteiger partial charge in [0.2, 0.25) is 0 Å². The van der Waals surface area contributed by atoms with Crippen LogP contribution in [0.1, 0.15) is 5.69 Å². The van der Waals surface area contributed by atoms with E-state index in [1.54, 1.807) is 36.4 Å². The summed E-state index contributed by atoms with van der Waals surface area (Å²) >= 11 is 0. The molecule has 0 saturated heterocycles. The van der Waals surface area contributed by atoms with Gasteiger partial charge in [-0.05, 0) is 55.5 Å². The fourth-order valence-electron chi connectivity index (χ4n) is 2.79. The van der Waals surface area contributed by atoms with Gasteiger partial charge < -0.3 is 14.5 Å². The van der Waals surface area contributed by atoms with Crippen LogP contribution in [-0.2, 0) is 0 Å². The third kappa shape index (κ3) is 2.86. The van der Waals surface area contributed by atoms with E-state index in [4.69, 9.17) is 4.42 Å². The van der Waals surface area contributed by atoms with Gasteiger partial charge in [-0.1, -0.05) is 0 Å². The predicted octanol–water partition coefficient (Wildman–Crippen LogP) is 5.30. The first-order chi connectivity index (χ1) is 12.5. The number of phenols is 1. The number of hydrogen-bond acceptors (Lipinski definition) is 3. The summed E-state index contributed by atoms with van der Waals surface area (Å²) in [6.07, 6.45) is 0. The molecule has 0 atom stereocenters. The fraction of sp³-hybridized carbons (Fsp3) is 0.0500. The van der Waals surface area contributed by atoms with E-state index in [0.29, 0.717) is 11.6 Å². The lowest BCUT2D eigenvalue weighted by Gasteiger charge is -2.00. The van der Waals surface area contributed by atoms with Gasteiger partial charge in [-0.15, -0.1) is 0 Å². The van der Waals surface area contributed by atoms with Gasteiger partial charge in [0.25, 0.3) is 0 Å². The molecule has 4 nitrogen and oxygen atoms in total. The first kappa shape index (κ1) is 16.1. The van der Waals surface area contributed by atoms with E-state index in [2.05, 4.69) is 9.97 Å². The molecule has 0 radical (unpaired) electrons. The van der Waals surface area contributed by atoms with Crippen molar-refractivity contribution in [3.63, 3.8) is 0 Å². The standard InChI is InChI=1S/C20H14F2N2O2/c1-11-19(12-2-5-14(25)6-3-12)24-20(23-11)18-9-8-17(26-18)15-7-4-13(21)10-16(15)22/h2-10,25H,1H3,(H,23,24). The number of nitrogens with one attached hydrogen (secondary N) is 1. The average Bonchev–Trinajstić information content (AvgIpc) is 3.23. The number of imidazole rings is 1. The molecule has 0 aliphatic carbocycles. The second kappa shape index (κ2) is 6.15. The minimum Gasteiger partial charge on any atom is -0.508 e. The Kier molecular flexibility index (Phi) is 3.80. The summed E-state index contributed by atoms with van der Waals surface area (Å²) in [6.45, 7) is 1.85. The maximum Gasteiger partial charge on any atom is 0.174 e. The van der Waals surface area contributed by atoms with Crippen LogP contribution in [-0.4, -0.2) is 15.1 Å². The van der Waals surface area contributed by atoms with Crippen LogP contribution >= 0.6 is 0 Å². The van der Waals surface area contributed by atoms with Crippen LogP contribution in [0.4, 0.5) is 8.78 Å². The van der Waals surface area contributed by atoms with Gasteiger partial charge in [-0.2, -0.15) is 0 Å². The van der Waals surface area contributed by atoms with Crippen molar-refractivity contribution in [2.45, 2.75) is 6.92 Å². The van der Waals surface area contributed by atoms with Gasteiger partial charge in [0.05, 0.1) is 17.0 Å². The second-order valence-corrected chi connectivity index (χ2v) is 5.88. The van der Waals surface area contributed by atoms with E-state index < -0.39 is 11.6 Å². The van der Waals surface area contributed by atoms with E-state index in [0.717, 1.165) is 23.0 Å². The van der Waals surface area contributed by atoms with Crippen LogP contribution in [0.5, 0.6) is 5.75 Å². The van der Waals surface area contributed by atoms with Crippen molar-refractivity contribution in [2.24, 2.45) is 0 Å². The third-order valence-corrected chi connectivity index (χ3v) is 4.08. The molecule has 0 fully saturated rings. The number of aryl methyl sites for hydroxylation is 1. The van der Waals surface area contributed by atoms with Crippen molar-refractivity contribution in [3.8, 4) is 39.9 Å². The minimum absolute atomic E-state index is 0.180. The van der Waals surface area contributed by atoms with Crippen molar-refractivity contribution >= 4 is 0 Å². The summed E-state index contributed by atoms with van der Waals surface area (Å²) in [4.78, 5) is 7.64. The number of aromatic amines is 1. The number of H-pyrrole nitrogens is 1. The monoisotopic (exact) mass is 352 g/mol. The Bertz CT molecular complexity index is 1080. The highest BCUT2D eigenvalue weighted by Crippen LogP contribution is 2.31. The molecule has 26 heavy (non-hydrogen) atoms. The molecule has 2 heterocycles. The van der Waals surface area contributed by atoms with E-state index >= 15 is 0 Å². The third-order valence-electron chi connectivity index (χ3n) is 4.08. The Balaban J connectivity index is 1.70. The Labute approximate surface area is 147 Å². The first-order valence-electron chi connectivity index (χ1n) is 7.93. The van der Waals surface area contributed by atoms with Crippen molar-refractivity contribution < 1.29 is 18.3 Å². The molecular formula is C20H14F2N2O2. The quantitative estimate of drug-likeness (QED) is 0.526. The molecule has 2 aromatic heterocycles. The summed E-state index contributed by atoms with van der Waals surface area (Å²) in [5, 5.41) is 9.41. The van der Waals surface area contributed by atoms with Crippen LogP contribution in [0.3, 0.4) is 0 Å². The van der Waals surface area contributed by atoms with Crippen LogP contribution in [0.25, 0.3) is 34.2 Å². The molecule has 0 aliphatic heterocycles. The molecule has 0 bridgehead atoms. The Hall–Kier alpha value is -3.41. The molecule has 4 rings (SSSR count). The number of aromatic nitrogens is 2. The van der Waals surface area contributed by atoms with Crippen LogP contribution in [0, 0.1) is 18.6 Å². The lowest BCUT2D eigenvalue weighted by Crippen LogP contribution is -1.84. The molecule has 0 amide bonds. The molecule has 2 aromatic carbocycles. The average molecular weight is 352 g/mol. The van der Waals surface area contributed by atoms with E-state index in [-0.39, 0.29) is 17.1 Å². The summed E-state index contributed by atoms with van der Waals surface area (Å²) in [7, 11) is 0. The van der Waals surface area contributed by atoms with Crippen LogP contribution < -0.4 is 0 Å². The number of halogens is 2. The molecule has 2 N–H and O–H groups in total.